The molecule has 0 unspecified atom stereocenters. The van der Waals surface area contributed by atoms with Gasteiger partial charge in [-0.2, -0.15) is 0 Å². The number of ether oxygens (including phenoxy) is 6. The Morgan fingerprint density at radius 3 is 1.83 bits per heavy atom. The minimum Gasteiger partial charge on any atom is -0.496 e. The van der Waals surface area contributed by atoms with Gasteiger partial charge in [-0.05, 0) is 12.1 Å². The van der Waals surface area contributed by atoms with Crippen LogP contribution in [-0.4, -0.2) is 48.6 Å². The second-order valence-corrected chi connectivity index (χ2v) is 5.97. The minimum atomic E-state index is -0.188. The monoisotopic (exact) mass is 405 g/mol. The SMILES string of the molecule is COc1cc(OC)c(OC)cc1CNC(=O)Cc1ccc(OC)c(OC)c1OC. The number of carbonyl (C=O) groups is 1. The number of hydrogen-bond donors (Lipinski definition) is 1. The average molecular weight is 405 g/mol. The van der Waals surface area contributed by atoms with Crippen molar-refractivity contribution in [2.24, 2.45) is 0 Å². The lowest BCUT2D eigenvalue weighted by Crippen LogP contribution is -2.25. The molecular weight excluding hydrogens is 378 g/mol. The second-order valence-electron chi connectivity index (χ2n) is 5.97. The van der Waals surface area contributed by atoms with Crippen LogP contribution in [0.4, 0.5) is 0 Å². The van der Waals surface area contributed by atoms with Crippen molar-refractivity contribution >= 4 is 5.91 Å². The topological polar surface area (TPSA) is 84.5 Å². The summed E-state index contributed by atoms with van der Waals surface area (Å²) < 4.78 is 32.1. The zero-order valence-corrected chi connectivity index (χ0v) is 17.6. The first-order valence-electron chi connectivity index (χ1n) is 8.86. The Bertz CT molecular complexity index is 851. The van der Waals surface area contributed by atoms with Crippen LogP contribution in [0.2, 0.25) is 0 Å². The van der Waals surface area contributed by atoms with Crippen molar-refractivity contribution in [2.45, 2.75) is 13.0 Å². The number of methoxy groups -OCH3 is 6. The molecule has 0 heterocycles. The molecule has 0 atom stereocenters. The molecular formula is C21H27NO7. The van der Waals surface area contributed by atoms with Gasteiger partial charge in [0.05, 0.1) is 49.1 Å². The molecule has 8 nitrogen and oxygen atoms in total. The van der Waals surface area contributed by atoms with Crippen LogP contribution in [-0.2, 0) is 17.8 Å². The third-order valence-electron chi connectivity index (χ3n) is 4.40. The summed E-state index contributed by atoms with van der Waals surface area (Å²) in [6, 6.07) is 7.00. The lowest BCUT2D eigenvalue weighted by atomic mass is 10.1. The summed E-state index contributed by atoms with van der Waals surface area (Å²) >= 11 is 0. The molecule has 0 saturated carbocycles. The van der Waals surface area contributed by atoms with Crippen molar-refractivity contribution in [3.8, 4) is 34.5 Å². The molecule has 2 rings (SSSR count). The van der Waals surface area contributed by atoms with Crippen molar-refractivity contribution in [1.29, 1.82) is 0 Å². The largest absolute Gasteiger partial charge is 0.496 e. The Balaban J connectivity index is 2.17. The van der Waals surface area contributed by atoms with Crippen LogP contribution in [0.5, 0.6) is 34.5 Å². The zero-order valence-electron chi connectivity index (χ0n) is 17.6. The number of hydrogen-bond acceptors (Lipinski definition) is 7. The highest BCUT2D eigenvalue weighted by molar-refractivity contribution is 5.80. The Morgan fingerprint density at radius 1 is 0.690 bits per heavy atom. The third kappa shape index (κ3) is 4.96. The molecule has 8 heteroatoms. The summed E-state index contributed by atoms with van der Waals surface area (Å²) in [4.78, 5) is 12.5. The maximum absolute atomic E-state index is 12.5. The highest BCUT2D eigenvalue weighted by atomic mass is 16.5. The maximum Gasteiger partial charge on any atom is 0.224 e. The van der Waals surface area contributed by atoms with Gasteiger partial charge >= 0.3 is 0 Å². The summed E-state index contributed by atoms with van der Waals surface area (Å²) in [5.74, 6) is 2.95. The Kier molecular flexibility index (Phi) is 7.82. The molecule has 0 aliphatic heterocycles. The summed E-state index contributed by atoms with van der Waals surface area (Å²) in [5.41, 5.74) is 1.44. The van der Waals surface area contributed by atoms with Crippen molar-refractivity contribution in [2.75, 3.05) is 42.7 Å². The summed E-state index contributed by atoms with van der Waals surface area (Å²) in [6.07, 6.45) is 0.110. The molecule has 2 aromatic carbocycles. The lowest BCUT2D eigenvalue weighted by Gasteiger charge is -2.16. The first-order chi connectivity index (χ1) is 14.0. The van der Waals surface area contributed by atoms with Crippen LogP contribution >= 0.6 is 0 Å². The fraction of sp³-hybridized carbons (Fsp3) is 0.381. The average Bonchev–Trinajstić information content (AvgIpc) is 2.76. The molecule has 1 amide bonds. The van der Waals surface area contributed by atoms with E-state index in [1.54, 1.807) is 52.7 Å². The molecule has 2 aromatic rings. The van der Waals surface area contributed by atoms with Gasteiger partial charge in [-0.15, -0.1) is 0 Å². The van der Waals surface area contributed by atoms with E-state index in [9.17, 15) is 4.79 Å². The quantitative estimate of drug-likeness (QED) is 0.650. The predicted molar refractivity (Wildman–Crippen MR) is 108 cm³/mol. The summed E-state index contributed by atoms with van der Waals surface area (Å²) in [6.45, 7) is 0.262. The van der Waals surface area contributed by atoms with E-state index in [-0.39, 0.29) is 18.9 Å². The van der Waals surface area contributed by atoms with Gasteiger partial charge in [0.25, 0.3) is 0 Å². The van der Waals surface area contributed by atoms with E-state index in [2.05, 4.69) is 5.32 Å². The van der Waals surface area contributed by atoms with E-state index in [0.717, 1.165) is 5.56 Å². The standard InChI is InChI=1S/C21H27NO7/c1-24-15-8-7-13(20(28-5)21(15)29-6)10-19(23)22-12-14-9-17(26-3)18(27-4)11-16(14)25-2/h7-9,11H,10,12H2,1-6H3,(H,22,23). The van der Waals surface area contributed by atoms with Gasteiger partial charge in [0, 0.05) is 23.7 Å². The van der Waals surface area contributed by atoms with Gasteiger partial charge < -0.3 is 33.7 Å². The number of amides is 1. The number of carbonyl (C=O) groups excluding carboxylic acids is 1. The number of benzene rings is 2. The van der Waals surface area contributed by atoms with Crippen LogP contribution in [0, 0.1) is 0 Å². The highest BCUT2D eigenvalue weighted by Gasteiger charge is 2.18. The van der Waals surface area contributed by atoms with E-state index in [0.29, 0.717) is 40.1 Å². The lowest BCUT2D eigenvalue weighted by molar-refractivity contribution is -0.120. The molecule has 0 aliphatic rings. The van der Waals surface area contributed by atoms with Crippen LogP contribution in [0.1, 0.15) is 11.1 Å². The molecule has 1 N–H and O–H groups in total. The maximum atomic E-state index is 12.5. The van der Waals surface area contributed by atoms with Crippen LogP contribution in [0.15, 0.2) is 24.3 Å². The van der Waals surface area contributed by atoms with E-state index >= 15 is 0 Å². The van der Waals surface area contributed by atoms with E-state index < -0.39 is 0 Å². The number of rotatable bonds is 10. The number of nitrogens with one attached hydrogen (secondary N) is 1. The van der Waals surface area contributed by atoms with Crippen LogP contribution < -0.4 is 33.7 Å². The van der Waals surface area contributed by atoms with Crippen molar-refractivity contribution in [1.82, 2.24) is 5.32 Å². The molecule has 0 bridgehead atoms. The van der Waals surface area contributed by atoms with Gasteiger partial charge in [-0.1, -0.05) is 6.07 Å². The van der Waals surface area contributed by atoms with Crippen molar-refractivity contribution in [3.05, 3.63) is 35.4 Å². The molecule has 29 heavy (non-hydrogen) atoms. The molecule has 0 saturated heterocycles. The fourth-order valence-corrected chi connectivity index (χ4v) is 2.96. The second kappa shape index (κ2) is 10.3. The highest BCUT2D eigenvalue weighted by Crippen LogP contribution is 2.40. The molecule has 0 fully saturated rings. The zero-order chi connectivity index (χ0) is 21.4. The normalized spacial score (nSPS) is 10.1. The van der Waals surface area contributed by atoms with E-state index in [1.807, 2.05) is 0 Å². The predicted octanol–water partition coefficient (Wildman–Crippen LogP) is 2.60. The van der Waals surface area contributed by atoms with E-state index in [1.165, 1.54) is 14.2 Å². The van der Waals surface area contributed by atoms with Gasteiger partial charge in [0.1, 0.15) is 5.75 Å². The third-order valence-corrected chi connectivity index (χ3v) is 4.40. The Hall–Kier alpha value is -3.29. The fourth-order valence-electron chi connectivity index (χ4n) is 2.96. The minimum absolute atomic E-state index is 0.110. The Labute approximate surface area is 170 Å². The van der Waals surface area contributed by atoms with Crippen molar-refractivity contribution < 1.29 is 33.2 Å². The van der Waals surface area contributed by atoms with Crippen LogP contribution in [0.3, 0.4) is 0 Å². The molecule has 0 aromatic heterocycles. The first kappa shape index (κ1) is 22.0. The molecule has 0 radical (unpaired) electrons. The smallest absolute Gasteiger partial charge is 0.224 e. The molecule has 0 spiro atoms. The summed E-state index contributed by atoms with van der Waals surface area (Å²) in [5, 5.41) is 2.89. The van der Waals surface area contributed by atoms with Crippen molar-refractivity contribution in [3.63, 3.8) is 0 Å². The first-order valence-corrected chi connectivity index (χ1v) is 8.86. The van der Waals surface area contributed by atoms with E-state index in [4.69, 9.17) is 28.4 Å². The van der Waals surface area contributed by atoms with Gasteiger partial charge in [0.15, 0.2) is 23.0 Å². The van der Waals surface area contributed by atoms with Gasteiger partial charge in [-0.3, -0.25) is 4.79 Å². The molecule has 0 aliphatic carbocycles. The van der Waals surface area contributed by atoms with Gasteiger partial charge in [-0.25, -0.2) is 0 Å². The van der Waals surface area contributed by atoms with Gasteiger partial charge in [0.2, 0.25) is 11.7 Å². The van der Waals surface area contributed by atoms with Crippen LogP contribution in [0.25, 0.3) is 0 Å². The summed E-state index contributed by atoms with van der Waals surface area (Å²) in [7, 11) is 9.24. The molecule has 158 valence electrons. The Morgan fingerprint density at radius 2 is 1.28 bits per heavy atom.